The molecule has 0 atom stereocenters. The molecule has 0 fully saturated rings. The lowest BCUT2D eigenvalue weighted by Gasteiger charge is -1.92. The van der Waals surface area contributed by atoms with Crippen molar-refractivity contribution in [3.05, 3.63) is 42.0 Å². The predicted octanol–water partition coefficient (Wildman–Crippen LogP) is 2.24. The summed E-state index contributed by atoms with van der Waals surface area (Å²) in [7, 11) is 1.35. The molecule has 1 aromatic rings. The molecule has 0 aliphatic rings. The minimum atomic E-state index is -0.315. The Balaban J connectivity index is 2.64. The molecule has 1 aromatic carbocycles. The van der Waals surface area contributed by atoms with Gasteiger partial charge in [0, 0.05) is 5.56 Å². The van der Waals surface area contributed by atoms with Gasteiger partial charge >= 0.3 is 5.97 Å². The number of hydrogen-bond donors (Lipinski definition) is 0. The van der Waals surface area contributed by atoms with Gasteiger partial charge in [0.2, 0.25) is 0 Å². The summed E-state index contributed by atoms with van der Waals surface area (Å²) in [6.45, 7) is 3.66. The molecule has 0 saturated heterocycles. The van der Waals surface area contributed by atoms with Gasteiger partial charge in [-0.3, -0.25) is 4.79 Å². The van der Waals surface area contributed by atoms with Crippen LogP contribution in [0.2, 0.25) is 0 Å². The van der Waals surface area contributed by atoms with Crippen molar-refractivity contribution in [1.82, 2.24) is 0 Å². The molecule has 0 unspecified atom stereocenters. The number of carbonyl (C=O) groups is 1. The molecule has 76 valence electrons. The Hall–Kier alpha value is -2.01. The van der Waals surface area contributed by atoms with Gasteiger partial charge in [-0.15, -0.1) is 0 Å². The van der Waals surface area contributed by atoms with Crippen LogP contribution in [-0.2, 0) is 9.53 Å². The normalized spacial score (nSPS) is 8.60. The van der Waals surface area contributed by atoms with Crippen LogP contribution in [0.1, 0.15) is 17.5 Å². The van der Waals surface area contributed by atoms with Gasteiger partial charge in [-0.1, -0.05) is 36.6 Å². The molecule has 0 amide bonds. The Morgan fingerprint density at radius 1 is 1.47 bits per heavy atom. The van der Waals surface area contributed by atoms with Crippen molar-refractivity contribution >= 4 is 12.0 Å². The molecule has 1 rings (SSSR count). The summed E-state index contributed by atoms with van der Waals surface area (Å²) in [6.07, 6.45) is 1.89. The van der Waals surface area contributed by atoms with Crippen molar-refractivity contribution in [2.45, 2.75) is 6.42 Å². The maximum atomic E-state index is 10.8. The molecule has 0 aliphatic carbocycles. The van der Waals surface area contributed by atoms with Gasteiger partial charge in [0.25, 0.3) is 0 Å². The van der Waals surface area contributed by atoms with Crippen molar-refractivity contribution in [2.75, 3.05) is 7.11 Å². The van der Waals surface area contributed by atoms with E-state index in [1.54, 1.807) is 6.08 Å². The molecule has 2 heteroatoms. The first kappa shape index (κ1) is 11.1. The lowest BCUT2D eigenvalue weighted by atomic mass is 10.1. The van der Waals surface area contributed by atoms with E-state index in [4.69, 9.17) is 0 Å². The molecule has 0 bridgehead atoms. The van der Waals surface area contributed by atoms with Crippen molar-refractivity contribution in [3.63, 3.8) is 0 Å². The minimum absolute atomic E-state index is 0.125. The highest BCUT2D eigenvalue weighted by molar-refractivity contribution is 5.72. The topological polar surface area (TPSA) is 26.3 Å². The van der Waals surface area contributed by atoms with E-state index in [2.05, 4.69) is 23.2 Å². The Kier molecular flexibility index (Phi) is 4.18. The Labute approximate surface area is 89.6 Å². The van der Waals surface area contributed by atoms with Crippen LogP contribution >= 0.6 is 0 Å². The lowest BCUT2D eigenvalue weighted by molar-refractivity contribution is -0.139. The monoisotopic (exact) mass is 200 g/mol. The third kappa shape index (κ3) is 3.70. The zero-order valence-electron chi connectivity index (χ0n) is 8.62. The number of methoxy groups -OCH3 is 1. The number of esters is 1. The van der Waals surface area contributed by atoms with Gasteiger partial charge in [0.05, 0.1) is 7.11 Å². The smallest absolute Gasteiger partial charge is 0.317 e. The fourth-order valence-corrected chi connectivity index (χ4v) is 0.993. The van der Waals surface area contributed by atoms with Gasteiger partial charge in [-0.2, -0.15) is 0 Å². The third-order valence-electron chi connectivity index (χ3n) is 1.84. The number of benzene rings is 1. The molecule has 2 nitrogen and oxygen atoms in total. The fraction of sp³-hybridized carbons (Fsp3) is 0.154. The molecule has 0 heterocycles. The van der Waals surface area contributed by atoms with E-state index < -0.39 is 0 Å². The average molecular weight is 200 g/mol. The van der Waals surface area contributed by atoms with Crippen LogP contribution in [0, 0.1) is 11.8 Å². The number of ether oxygens (including phenoxy) is 1. The highest BCUT2D eigenvalue weighted by Crippen LogP contribution is 2.03. The second kappa shape index (κ2) is 5.66. The van der Waals surface area contributed by atoms with E-state index in [0.717, 1.165) is 11.1 Å². The largest absolute Gasteiger partial charge is 0.468 e. The molecule has 0 N–H and O–H groups in total. The number of rotatable bonds is 2. The second-order valence-electron chi connectivity index (χ2n) is 2.88. The molecule has 0 aromatic heterocycles. The first-order valence-electron chi connectivity index (χ1n) is 4.54. The summed E-state index contributed by atoms with van der Waals surface area (Å²) in [4.78, 5) is 10.8. The summed E-state index contributed by atoms with van der Waals surface area (Å²) in [6, 6.07) is 7.63. The summed E-state index contributed by atoms with van der Waals surface area (Å²) in [5.74, 6) is 5.30. The molecule has 0 spiro atoms. The van der Waals surface area contributed by atoms with E-state index in [1.165, 1.54) is 7.11 Å². The highest BCUT2D eigenvalue weighted by atomic mass is 16.5. The van der Waals surface area contributed by atoms with Gasteiger partial charge in [-0.25, -0.2) is 0 Å². The van der Waals surface area contributed by atoms with Crippen molar-refractivity contribution in [1.29, 1.82) is 0 Å². The van der Waals surface area contributed by atoms with Gasteiger partial charge < -0.3 is 4.74 Å². The molecule has 15 heavy (non-hydrogen) atoms. The Bertz CT molecular complexity index is 404. The summed E-state index contributed by atoms with van der Waals surface area (Å²) in [5.41, 5.74) is 1.93. The first-order chi connectivity index (χ1) is 7.26. The van der Waals surface area contributed by atoms with E-state index in [-0.39, 0.29) is 12.4 Å². The number of hydrogen-bond acceptors (Lipinski definition) is 2. The van der Waals surface area contributed by atoms with Crippen LogP contribution in [-0.4, -0.2) is 13.1 Å². The van der Waals surface area contributed by atoms with E-state index in [9.17, 15) is 4.79 Å². The standard InChI is InChI=1S/C13H12O2/c1-3-11-7-9-12(10-8-11)5-4-6-13(14)15-2/h3,7-10H,1,6H2,2H3. The van der Waals surface area contributed by atoms with Crippen LogP contribution < -0.4 is 0 Å². The van der Waals surface area contributed by atoms with E-state index in [0.29, 0.717) is 0 Å². The SMILES string of the molecule is C=Cc1ccc(C#CCC(=O)OC)cc1. The minimum Gasteiger partial charge on any atom is -0.468 e. The molecule has 0 saturated carbocycles. The summed E-state index contributed by atoms with van der Waals surface area (Å²) >= 11 is 0. The molecular weight excluding hydrogens is 188 g/mol. The van der Waals surface area contributed by atoms with Crippen LogP contribution in [0.5, 0.6) is 0 Å². The second-order valence-corrected chi connectivity index (χ2v) is 2.88. The van der Waals surface area contributed by atoms with Crippen molar-refractivity contribution in [2.24, 2.45) is 0 Å². The predicted molar refractivity (Wildman–Crippen MR) is 60.0 cm³/mol. The fourth-order valence-electron chi connectivity index (χ4n) is 0.993. The quantitative estimate of drug-likeness (QED) is 0.540. The summed E-state index contributed by atoms with van der Waals surface area (Å²) < 4.78 is 4.47. The lowest BCUT2D eigenvalue weighted by Crippen LogP contribution is -1.96. The van der Waals surface area contributed by atoms with Gasteiger partial charge in [0.15, 0.2) is 0 Å². The molecule has 0 radical (unpaired) electrons. The third-order valence-corrected chi connectivity index (χ3v) is 1.84. The maximum absolute atomic E-state index is 10.8. The number of carbonyl (C=O) groups excluding carboxylic acids is 1. The first-order valence-corrected chi connectivity index (χ1v) is 4.54. The van der Waals surface area contributed by atoms with E-state index in [1.807, 2.05) is 24.3 Å². The van der Waals surface area contributed by atoms with Crippen molar-refractivity contribution < 1.29 is 9.53 Å². The zero-order chi connectivity index (χ0) is 11.1. The van der Waals surface area contributed by atoms with Gasteiger partial charge in [0.1, 0.15) is 6.42 Å². The van der Waals surface area contributed by atoms with Crippen molar-refractivity contribution in [3.8, 4) is 11.8 Å². The highest BCUT2D eigenvalue weighted by Gasteiger charge is 1.93. The summed E-state index contributed by atoms with van der Waals surface area (Å²) in [5, 5.41) is 0. The maximum Gasteiger partial charge on any atom is 0.317 e. The Morgan fingerprint density at radius 3 is 2.67 bits per heavy atom. The van der Waals surface area contributed by atoms with Crippen LogP contribution in [0.3, 0.4) is 0 Å². The van der Waals surface area contributed by atoms with Crippen LogP contribution in [0.25, 0.3) is 6.08 Å². The van der Waals surface area contributed by atoms with Crippen LogP contribution in [0.15, 0.2) is 30.8 Å². The Morgan fingerprint density at radius 2 is 2.13 bits per heavy atom. The zero-order valence-corrected chi connectivity index (χ0v) is 8.62. The average Bonchev–Trinajstić information content (AvgIpc) is 2.29. The molecule has 0 aliphatic heterocycles. The van der Waals surface area contributed by atoms with Crippen LogP contribution in [0.4, 0.5) is 0 Å². The van der Waals surface area contributed by atoms with E-state index >= 15 is 0 Å². The molecular formula is C13H12O2. The van der Waals surface area contributed by atoms with Gasteiger partial charge in [-0.05, 0) is 17.7 Å².